The lowest BCUT2D eigenvalue weighted by molar-refractivity contribution is -0.142. The molecule has 0 unspecified atom stereocenters. The summed E-state index contributed by atoms with van der Waals surface area (Å²) < 4.78 is 19.3. The summed E-state index contributed by atoms with van der Waals surface area (Å²) in [5.74, 6) is -0.658. The molecular formula is C13H11BrFNO2S. The van der Waals surface area contributed by atoms with E-state index in [0.717, 1.165) is 4.47 Å². The van der Waals surface area contributed by atoms with Crippen molar-refractivity contribution < 1.29 is 13.9 Å². The summed E-state index contributed by atoms with van der Waals surface area (Å²) in [4.78, 5) is 15.6. The molecule has 0 radical (unpaired) electrons. The van der Waals surface area contributed by atoms with Crippen molar-refractivity contribution in [2.75, 3.05) is 6.61 Å². The van der Waals surface area contributed by atoms with Crippen molar-refractivity contribution in [2.24, 2.45) is 0 Å². The lowest BCUT2D eigenvalue weighted by Gasteiger charge is -2.00. The van der Waals surface area contributed by atoms with Crippen LogP contribution in [0.15, 0.2) is 28.1 Å². The second-order valence-corrected chi connectivity index (χ2v) is 5.52. The van der Waals surface area contributed by atoms with Gasteiger partial charge in [0.25, 0.3) is 0 Å². The highest BCUT2D eigenvalue weighted by Gasteiger charge is 2.12. The molecule has 0 amide bonds. The van der Waals surface area contributed by atoms with Gasteiger partial charge in [0.15, 0.2) is 0 Å². The Morgan fingerprint density at radius 3 is 3.05 bits per heavy atom. The van der Waals surface area contributed by atoms with Gasteiger partial charge in [0, 0.05) is 15.4 Å². The van der Waals surface area contributed by atoms with E-state index in [2.05, 4.69) is 20.9 Å². The first kappa shape index (κ1) is 14.1. The number of carbonyl (C=O) groups is 1. The number of aromatic nitrogens is 1. The lowest BCUT2D eigenvalue weighted by atomic mass is 10.2. The third-order valence-corrected chi connectivity index (χ3v) is 3.76. The summed E-state index contributed by atoms with van der Waals surface area (Å²) >= 11 is 4.60. The molecule has 0 fully saturated rings. The van der Waals surface area contributed by atoms with Crippen LogP contribution < -0.4 is 0 Å². The van der Waals surface area contributed by atoms with Crippen LogP contribution in [-0.4, -0.2) is 17.6 Å². The lowest BCUT2D eigenvalue weighted by Crippen LogP contribution is -2.07. The fourth-order valence-electron chi connectivity index (χ4n) is 1.53. The molecule has 1 aromatic carbocycles. The van der Waals surface area contributed by atoms with Crippen LogP contribution in [-0.2, 0) is 16.0 Å². The molecule has 0 aliphatic heterocycles. The normalized spacial score (nSPS) is 10.5. The number of halogens is 2. The van der Waals surface area contributed by atoms with Gasteiger partial charge in [0.1, 0.15) is 10.8 Å². The number of hydrogen-bond acceptors (Lipinski definition) is 4. The van der Waals surface area contributed by atoms with Gasteiger partial charge in [-0.2, -0.15) is 0 Å². The van der Waals surface area contributed by atoms with E-state index in [9.17, 15) is 9.18 Å². The van der Waals surface area contributed by atoms with E-state index >= 15 is 0 Å². The third kappa shape index (κ3) is 3.61. The molecule has 1 aromatic heterocycles. The Morgan fingerprint density at radius 1 is 1.53 bits per heavy atom. The van der Waals surface area contributed by atoms with Crippen LogP contribution in [0.5, 0.6) is 0 Å². The van der Waals surface area contributed by atoms with Crippen molar-refractivity contribution in [1.82, 2.24) is 4.98 Å². The minimum absolute atomic E-state index is 0.111. The fourth-order valence-corrected chi connectivity index (χ4v) is 2.73. The molecule has 0 saturated heterocycles. The van der Waals surface area contributed by atoms with Crippen LogP contribution in [0.25, 0.3) is 10.6 Å². The molecule has 0 aliphatic carbocycles. The van der Waals surface area contributed by atoms with Gasteiger partial charge < -0.3 is 4.74 Å². The van der Waals surface area contributed by atoms with E-state index in [1.807, 2.05) is 0 Å². The zero-order chi connectivity index (χ0) is 13.8. The summed E-state index contributed by atoms with van der Waals surface area (Å²) in [6.45, 7) is 2.09. The number of esters is 1. The predicted octanol–water partition coefficient (Wildman–Crippen LogP) is 3.82. The van der Waals surface area contributed by atoms with Gasteiger partial charge in [-0.15, -0.1) is 11.3 Å². The molecule has 3 nitrogen and oxygen atoms in total. The number of rotatable bonds is 4. The molecule has 1 heterocycles. The van der Waals surface area contributed by atoms with Crippen molar-refractivity contribution in [2.45, 2.75) is 13.3 Å². The highest BCUT2D eigenvalue weighted by molar-refractivity contribution is 9.10. The first-order chi connectivity index (χ1) is 9.10. The van der Waals surface area contributed by atoms with Gasteiger partial charge in [0.05, 0.1) is 18.7 Å². The Morgan fingerprint density at radius 2 is 2.32 bits per heavy atom. The number of carbonyl (C=O) groups excluding carboxylic acids is 1. The minimum Gasteiger partial charge on any atom is -0.466 e. The van der Waals surface area contributed by atoms with E-state index in [-0.39, 0.29) is 18.2 Å². The third-order valence-electron chi connectivity index (χ3n) is 2.34. The Hall–Kier alpha value is -1.27. The maximum absolute atomic E-state index is 13.7. The monoisotopic (exact) mass is 343 g/mol. The summed E-state index contributed by atoms with van der Waals surface area (Å²) in [7, 11) is 0. The summed E-state index contributed by atoms with van der Waals surface area (Å²) in [6, 6.07) is 4.68. The number of nitrogens with zero attached hydrogens (tertiary/aromatic N) is 1. The van der Waals surface area contributed by atoms with Crippen molar-refractivity contribution in [3.8, 4) is 10.6 Å². The number of thiazole rings is 1. The second-order valence-electron chi connectivity index (χ2n) is 3.75. The molecule has 100 valence electrons. The Balaban J connectivity index is 2.21. The number of benzene rings is 1. The van der Waals surface area contributed by atoms with E-state index in [4.69, 9.17) is 4.74 Å². The van der Waals surface area contributed by atoms with Gasteiger partial charge in [-0.25, -0.2) is 9.37 Å². The first-order valence-corrected chi connectivity index (χ1v) is 7.33. The van der Waals surface area contributed by atoms with Gasteiger partial charge in [-0.05, 0) is 25.1 Å². The van der Waals surface area contributed by atoms with Crippen LogP contribution >= 0.6 is 27.3 Å². The quantitative estimate of drug-likeness (QED) is 0.792. The highest BCUT2D eigenvalue weighted by Crippen LogP contribution is 2.29. The van der Waals surface area contributed by atoms with Crippen LogP contribution in [0.4, 0.5) is 4.39 Å². The maximum Gasteiger partial charge on any atom is 0.311 e. The maximum atomic E-state index is 13.7. The SMILES string of the molecule is CCOC(=O)Cc1csc(-c2cc(Br)ccc2F)n1. The Kier molecular flexibility index (Phi) is 4.66. The smallest absolute Gasteiger partial charge is 0.311 e. The van der Waals surface area contributed by atoms with Gasteiger partial charge in [-0.1, -0.05) is 15.9 Å². The van der Waals surface area contributed by atoms with Crippen molar-refractivity contribution >= 4 is 33.2 Å². The van der Waals surface area contributed by atoms with Crippen molar-refractivity contribution in [3.63, 3.8) is 0 Å². The molecule has 0 N–H and O–H groups in total. The van der Waals surface area contributed by atoms with Crippen molar-refractivity contribution in [3.05, 3.63) is 39.6 Å². The summed E-state index contributed by atoms with van der Waals surface area (Å²) in [6.07, 6.45) is 0.111. The largest absolute Gasteiger partial charge is 0.466 e. The van der Waals surface area contributed by atoms with Crippen LogP contribution in [0, 0.1) is 5.82 Å². The second kappa shape index (κ2) is 6.25. The highest BCUT2D eigenvalue weighted by atomic mass is 79.9. The van der Waals surface area contributed by atoms with Crippen LogP contribution in [0.2, 0.25) is 0 Å². The van der Waals surface area contributed by atoms with E-state index < -0.39 is 0 Å². The van der Waals surface area contributed by atoms with E-state index in [0.29, 0.717) is 22.9 Å². The molecule has 0 aliphatic rings. The molecule has 2 rings (SSSR count). The Labute approximate surface area is 122 Å². The molecule has 6 heteroatoms. The standard InChI is InChI=1S/C13H11BrFNO2S/c1-2-18-12(17)6-9-7-19-13(16-9)10-5-8(14)3-4-11(10)15/h3-5,7H,2,6H2,1H3. The molecule has 19 heavy (non-hydrogen) atoms. The van der Waals surface area contributed by atoms with Gasteiger partial charge in [-0.3, -0.25) is 4.79 Å². The zero-order valence-corrected chi connectivity index (χ0v) is 12.6. The van der Waals surface area contributed by atoms with Crippen molar-refractivity contribution in [1.29, 1.82) is 0 Å². The minimum atomic E-state index is -0.333. The molecule has 0 atom stereocenters. The summed E-state index contributed by atoms with van der Waals surface area (Å²) in [5.41, 5.74) is 1.02. The molecule has 0 spiro atoms. The molecule has 2 aromatic rings. The average Bonchev–Trinajstić information content (AvgIpc) is 2.81. The first-order valence-electron chi connectivity index (χ1n) is 5.65. The Bertz CT molecular complexity index is 600. The van der Waals surface area contributed by atoms with Gasteiger partial charge >= 0.3 is 5.97 Å². The van der Waals surface area contributed by atoms with Gasteiger partial charge in [0.2, 0.25) is 0 Å². The molecule has 0 saturated carbocycles. The fraction of sp³-hybridized carbons (Fsp3) is 0.231. The number of ether oxygens (including phenoxy) is 1. The van der Waals surface area contributed by atoms with E-state index in [1.54, 1.807) is 24.4 Å². The zero-order valence-electron chi connectivity index (χ0n) is 10.2. The number of hydrogen-bond donors (Lipinski definition) is 0. The molecular weight excluding hydrogens is 333 g/mol. The topological polar surface area (TPSA) is 39.2 Å². The average molecular weight is 344 g/mol. The predicted molar refractivity (Wildman–Crippen MR) is 75.5 cm³/mol. The molecule has 0 bridgehead atoms. The summed E-state index contributed by atoms with van der Waals surface area (Å²) in [5, 5.41) is 2.30. The van der Waals surface area contributed by atoms with E-state index in [1.165, 1.54) is 17.4 Å². The van der Waals surface area contributed by atoms with Crippen LogP contribution in [0.3, 0.4) is 0 Å². The van der Waals surface area contributed by atoms with Crippen LogP contribution in [0.1, 0.15) is 12.6 Å².